The monoisotopic (exact) mass is 314 g/mol. The number of esters is 1. The second kappa shape index (κ2) is 6.65. The normalized spacial score (nSPS) is 25.2. The maximum atomic E-state index is 12.1. The van der Waals surface area contributed by atoms with Gasteiger partial charge in [0.2, 0.25) is 0 Å². The first-order valence-corrected chi connectivity index (χ1v) is 8.02. The summed E-state index contributed by atoms with van der Waals surface area (Å²) < 4.78 is 6.46. The molecule has 1 saturated carbocycles. The molecule has 1 aliphatic rings. The van der Waals surface area contributed by atoms with Gasteiger partial charge in [-0.3, -0.25) is 9.36 Å². The molecule has 8 heteroatoms. The molecule has 0 amide bonds. The highest BCUT2D eigenvalue weighted by molar-refractivity contribution is 7.99. The van der Waals surface area contributed by atoms with E-state index in [0.29, 0.717) is 11.6 Å². The van der Waals surface area contributed by atoms with E-state index in [1.807, 2.05) is 0 Å². The summed E-state index contributed by atoms with van der Waals surface area (Å²) in [5.41, 5.74) is -0.823. The number of H-pyrrole nitrogens is 1. The van der Waals surface area contributed by atoms with Crippen molar-refractivity contribution in [3.63, 3.8) is 0 Å². The van der Waals surface area contributed by atoms with Crippen molar-refractivity contribution in [2.75, 3.05) is 13.7 Å². The van der Waals surface area contributed by atoms with E-state index in [4.69, 9.17) is 4.74 Å². The lowest BCUT2D eigenvalue weighted by Crippen LogP contribution is -2.51. The average Bonchev–Trinajstić information content (AvgIpc) is 3.04. The van der Waals surface area contributed by atoms with Gasteiger partial charge < -0.3 is 10.1 Å². The molecule has 1 fully saturated rings. The molecule has 0 spiro atoms. The van der Waals surface area contributed by atoms with Crippen molar-refractivity contribution in [3.05, 3.63) is 10.5 Å². The molecular formula is C13H22N4O3S. The molecule has 2 N–H and O–H groups in total. The Kier molecular flexibility index (Phi) is 5.10. The zero-order valence-corrected chi connectivity index (χ0v) is 13.5. The molecule has 1 aliphatic carbocycles. The summed E-state index contributed by atoms with van der Waals surface area (Å²) in [6, 6.07) is 0. The van der Waals surface area contributed by atoms with Gasteiger partial charge in [0, 0.05) is 12.3 Å². The van der Waals surface area contributed by atoms with Crippen molar-refractivity contribution in [2.45, 2.75) is 48.6 Å². The van der Waals surface area contributed by atoms with E-state index in [2.05, 4.69) is 22.4 Å². The first-order chi connectivity index (χ1) is 10.0. The van der Waals surface area contributed by atoms with Crippen molar-refractivity contribution < 1.29 is 9.53 Å². The Morgan fingerprint density at radius 3 is 3.00 bits per heavy atom. The highest BCUT2D eigenvalue weighted by Gasteiger charge is 2.46. The van der Waals surface area contributed by atoms with Crippen LogP contribution in [0.15, 0.2) is 9.95 Å². The van der Waals surface area contributed by atoms with E-state index >= 15 is 0 Å². The highest BCUT2D eigenvalue weighted by atomic mass is 32.2. The quantitative estimate of drug-likeness (QED) is 0.750. The maximum absolute atomic E-state index is 12.1. The Morgan fingerprint density at radius 2 is 2.43 bits per heavy atom. The van der Waals surface area contributed by atoms with Crippen LogP contribution in [0, 0.1) is 0 Å². The van der Waals surface area contributed by atoms with Gasteiger partial charge >= 0.3 is 11.7 Å². The number of carbonyl (C=O) groups excluding carboxylic acids is 1. The third-order valence-corrected chi connectivity index (χ3v) is 5.18. The van der Waals surface area contributed by atoms with Gasteiger partial charge in [0.1, 0.15) is 5.54 Å². The molecular weight excluding hydrogens is 292 g/mol. The Morgan fingerprint density at radius 1 is 1.67 bits per heavy atom. The summed E-state index contributed by atoms with van der Waals surface area (Å²) in [5, 5.41) is 10.7. The van der Waals surface area contributed by atoms with Crippen molar-refractivity contribution in [1.29, 1.82) is 0 Å². The molecule has 1 aromatic heterocycles. The third-order valence-electron chi connectivity index (χ3n) is 3.87. The summed E-state index contributed by atoms with van der Waals surface area (Å²) in [5.74, 6) is -0.199. The van der Waals surface area contributed by atoms with Gasteiger partial charge in [0.15, 0.2) is 5.16 Å². The van der Waals surface area contributed by atoms with Gasteiger partial charge in [-0.15, -0.1) is 5.10 Å². The summed E-state index contributed by atoms with van der Waals surface area (Å²) in [4.78, 5) is 23.5. The molecule has 0 bridgehead atoms. The lowest BCUT2D eigenvalue weighted by Gasteiger charge is -2.27. The van der Waals surface area contributed by atoms with E-state index in [9.17, 15) is 9.59 Å². The number of rotatable bonds is 6. The molecule has 21 heavy (non-hydrogen) atoms. The number of ether oxygens (including phenoxy) is 1. The molecule has 2 unspecified atom stereocenters. The molecule has 0 aliphatic heterocycles. The van der Waals surface area contributed by atoms with E-state index < -0.39 is 5.54 Å². The van der Waals surface area contributed by atoms with Crippen LogP contribution in [0.2, 0.25) is 0 Å². The summed E-state index contributed by atoms with van der Waals surface area (Å²) in [6.45, 7) is 2.85. The first-order valence-electron chi connectivity index (χ1n) is 7.14. The van der Waals surface area contributed by atoms with Crippen LogP contribution in [0.25, 0.3) is 0 Å². The Bertz CT molecular complexity index is 556. The Labute approximate surface area is 127 Å². The second-order valence-corrected chi connectivity index (χ2v) is 6.62. The van der Waals surface area contributed by atoms with Crippen LogP contribution in [0.4, 0.5) is 0 Å². The minimum atomic E-state index is -0.600. The number of hydrogen-bond acceptors (Lipinski definition) is 6. The molecule has 0 saturated heterocycles. The van der Waals surface area contributed by atoms with Crippen LogP contribution in [-0.2, 0) is 16.6 Å². The SMILES string of the molecule is CCCNC1(C(=O)OC)CCC(Sc2n[nH]c(=O)n2C)C1. The average molecular weight is 314 g/mol. The van der Waals surface area contributed by atoms with E-state index in [-0.39, 0.29) is 16.9 Å². The van der Waals surface area contributed by atoms with Crippen LogP contribution in [0.3, 0.4) is 0 Å². The zero-order chi connectivity index (χ0) is 15.5. The smallest absolute Gasteiger partial charge is 0.343 e. The largest absolute Gasteiger partial charge is 0.468 e. The van der Waals surface area contributed by atoms with Gasteiger partial charge in [-0.2, -0.15) is 0 Å². The molecule has 1 aromatic rings. The van der Waals surface area contributed by atoms with Gasteiger partial charge in [0.25, 0.3) is 0 Å². The molecule has 1 heterocycles. The van der Waals surface area contributed by atoms with E-state index in [1.165, 1.54) is 23.4 Å². The fourth-order valence-electron chi connectivity index (χ4n) is 2.67. The number of nitrogens with zero attached hydrogens (tertiary/aromatic N) is 2. The highest BCUT2D eigenvalue weighted by Crippen LogP contribution is 2.40. The summed E-state index contributed by atoms with van der Waals surface area (Å²) in [7, 11) is 3.11. The summed E-state index contributed by atoms with van der Waals surface area (Å²) >= 11 is 1.54. The van der Waals surface area contributed by atoms with Gasteiger partial charge in [-0.25, -0.2) is 9.89 Å². The minimum absolute atomic E-state index is 0.199. The number of aromatic nitrogens is 3. The molecule has 2 atom stereocenters. The van der Waals surface area contributed by atoms with Crippen LogP contribution < -0.4 is 11.0 Å². The molecule has 0 aromatic carbocycles. The number of hydrogen-bond donors (Lipinski definition) is 2. The van der Waals surface area contributed by atoms with Crippen molar-refractivity contribution in [3.8, 4) is 0 Å². The van der Waals surface area contributed by atoms with Crippen molar-refractivity contribution in [2.24, 2.45) is 7.05 Å². The van der Waals surface area contributed by atoms with Gasteiger partial charge in [0.05, 0.1) is 7.11 Å². The van der Waals surface area contributed by atoms with Crippen molar-refractivity contribution >= 4 is 17.7 Å². The Hall–Kier alpha value is -1.28. The Balaban J connectivity index is 2.07. The number of thioether (sulfide) groups is 1. The molecule has 2 rings (SSSR count). The predicted molar refractivity (Wildman–Crippen MR) is 80.4 cm³/mol. The third kappa shape index (κ3) is 3.32. The standard InChI is InChI=1S/C13H22N4O3S/c1-4-7-14-13(10(18)20-3)6-5-9(8-13)21-12-16-15-11(19)17(12)2/h9,14H,4-8H2,1-3H3,(H,15,19). The number of nitrogens with one attached hydrogen (secondary N) is 2. The van der Waals surface area contributed by atoms with Crippen LogP contribution >= 0.6 is 11.8 Å². The second-order valence-electron chi connectivity index (χ2n) is 5.35. The number of methoxy groups -OCH3 is 1. The first kappa shape index (κ1) is 16.1. The van der Waals surface area contributed by atoms with Crippen LogP contribution in [0.1, 0.15) is 32.6 Å². The number of aromatic amines is 1. The molecule has 118 valence electrons. The van der Waals surface area contributed by atoms with Crippen molar-refractivity contribution in [1.82, 2.24) is 20.1 Å². The topological polar surface area (TPSA) is 89.0 Å². The lowest BCUT2D eigenvalue weighted by molar-refractivity contribution is -0.148. The number of carbonyl (C=O) groups is 1. The zero-order valence-electron chi connectivity index (χ0n) is 12.6. The van der Waals surface area contributed by atoms with Crippen LogP contribution in [-0.4, -0.2) is 45.2 Å². The van der Waals surface area contributed by atoms with E-state index in [0.717, 1.165) is 25.8 Å². The van der Waals surface area contributed by atoms with Gasteiger partial charge in [-0.05, 0) is 32.2 Å². The predicted octanol–water partition coefficient (Wildman–Crippen LogP) is 0.664. The fraction of sp³-hybridized carbons (Fsp3) is 0.769. The fourth-order valence-corrected chi connectivity index (χ4v) is 3.91. The summed E-state index contributed by atoms with van der Waals surface area (Å²) in [6.07, 6.45) is 3.28. The minimum Gasteiger partial charge on any atom is -0.468 e. The maximum Gasteiger partial charge on any atom is 0.343 e. The molecule has 7 nitrogen and oxygen atoms in total. The van der Waals surface area contributed by atoms with E-state index in [1.54, 1.807) is 7.05 Å². The lowest BCUT2D eigenvalue weighted by atomic mass is 9.97. The van der Waals surface area contributed by atoms with Gasteiger partial charge in [-0.1, -0.05) is 18.7 Å². The van der Waals surface area contributed by atoms with Crippen LogP contribution in [0.5, 0.6) is 0 Å². The molecule has 0 radical (unpaired) electrons.